The number of ether oxygens (including phenoxy) is 2. The van der Waals surface area contributed by atoms with Crippen molar-refractivity contribution in [1.82, 2.24) is 0 Å². The molecule has 3 rings (SSSR count). The number of hydrogen-bond acceptors (Lipinski definition) is 6. The normalized spacial score (nSPS) is 12.2. The van der Waals surface area contributed by atoms with Gasteiger partial charge in [0.05, 0.1) is 5.56 Å². The van der Waals surface area contributed by atoms with Crippen LogP contribution in [0.4, 0.5) is 5.00 Å². The molecule has 6 nitrogen and oxygen atoms in total. The number of fused-ring (bicyclic) bond motifs is 1. The molecule has 148 valence electrons. The number of nitriles is 1. The van der Waals surface area contributed by atoms with Gasteiger partial charge in [0, 0.05) is 11.0 Å². The topological polar surface area (TPSA) is 88.4 Å². The van der Waals surface area contributed by atoms with Crippen LogP contribution in [0.3, 0.4) is 0 Å². The monoisotopic (exact) mass is 408 g/mol. The number of carbonyl (C=O) groups excluding carboxylic acids is 2. The zero-order valence-electron chi connectivity index (χ0n) is 15.8. The molecular weight excluding hydrogens is 388 g/mol. The van der Waals surface area contributed by atoms with Crippen molar-refractivity contribution in [3.8, 4) is 11.8 Å². The molecule has 7 heteroatoms. The lowest BCUT2D eigenvalue weighted by atomic mass is 10.1. The Labute approximate surface area is 173 Å². The molecule has 1 heterocycles. The average Bonchev–Trinajstić information content (AvgIpc) is 3.30. The van der Waals surface area contributed by atoms with E-state index in [-0.39, 0.29) is 0 Å². The number of benzene rings is 1. The lowest BCUT2D eigenvalue weighted by Gasteiger charge is -2.04. The van der Waals surface area contributed by atoms with E-state index in [1.165, 1.54) is 17.4 Å². The molecule has 0 aliphatic heterocycles. The summed E-state index contributed by atoms with van der Waals surface area (Å²) in [5.74, 6) is -0.384. The van der Waals surface area contributed by atoms with Crippen LogP contribution in [0.5, 0.6) is 5.75 Å². The van der Waals surface area contributed by atoms with E-state index >= 15 is 0 Å². The lowest BCUT2D eigenvalue weighted by molar-refractivity contribution is -0.142. The number of amides is 1. The SMILES string of the molecule is C=CCOc1ccc(C=CC(=O)OCC(=O)Nc2sc3c(c2C#N)CCC3)cc1. The van der Waals surface area contributed by atoms with Gasteiger partial charge >= 0.3 is 5.97 Å². The molecule has 1 amide bonds. The first-order chi connectivity index (χ1) is 14.1. The number of hydrogen-bond donors (Lipinski definition) is 1. The number of esters is 1. The zero-order valence-corrected chi connectivity index (χ0v) is 16.6. The summed E-state index contributed by atoms with van der Waals surface area (Å²) in [6, 6.07) is 9.33. The van der Waals surface area contributed by atoms with E-state index in [1.807, 2.05) is 0 Å². The summed E-state index contributed by atoms with van der Waals surface area (Å²) >= 11 is 1.42. The number of thiophene rings is 1. The molecule has 0 bridgehead atoms. The van der Waals surface area contributed by atoms with Gasteiger partial charge in [-0.05, 0) is 48.6 Å². The highest BCUT2D eigenvalue weighted by Gasteiger charge is 2.23. The van der Waals surface area contributed by atoms with Gasteiger partial charge in [-0.2, -0.15) is 5.26 Å². The summed E-state index contributed by atoms with van der Waals surface area (Å²) in [4.78, 5) is 25.1. The average molecular weight is 408 g/mol. The number of nitrogens with zero attached hydrogens (tertiary/aromatic N) is 1. The third-order valence-corrected chi connectivity index (χ3v) is 5.50. The Bertz CT molecular complexity index is 983. The first-order valence-electron chi connectivity index (χ1n) is 9.13. The van der Waals surface area contributed by atoms with E-state index in [2.05, 4.69) is 18.0 Å². The number of carbonyl (C=O) groups is 2. The highest BCUT2D eigenvalue weighted by molar-refractivity contribution is 7.16. The summed E-state index contributed by atoms with van der Waals surface area (Å²) in [5, 5.41) is 12.6. The molecule has 2 aromatic rings. The molecule has 0 unspecified atom stereocenters. The van der Waals surface area contributed by atoms with E-state index < -0.39 is 18.5 Å². The maximum Gasteiger partial charge on any atom is 0.331 e. The van der Waals surface area contributed by atoms with Crippen LogP contribution < -0.4 is 10.1 Å². The number of rotatable bonds is 8. The van der Waals surface area contributed by atoms with Crippen molar-refractivity contribution in [3.63, 3.8) is 0 Å². The smallest absolute Gasteiger partial charge is 0.331 e. The predicted molar refractivity (Wildman–Crippen MR) is 112 cm³/mol. The van der Waals surface area contributed by atoms with Crippen molar-refractivity contribution in [2.24, 2.45) is 0 Å². The van der Waals surface area contributed by atoms with Crippen LogP contribution >= 0.6 is 11.3 Å². The maximum atomic E-state index is 12.1. The van der Waals surface area contributed by atoms with Crippen molar-refractivity contribution >= 4 is 34.3 Å². The Hall–Kier alpha value is -3.37. The van der Waals surface area contributed by atoms with Crippen molar-refractivity contribution in [2.45, 2.75) is 19.3 Å². The fourth-order valence-corrected chi connectivity index (χ4v) is 4.21. The highest BCUT2D eigenvalue weighted by atomic mass is 32.1. The van der Waals surface area contributed by atoms with Crippen LogP contribution in [0, 0.1) is 11.3 Å². The largest absolute Gasteiger partial charge is 0.490 e. The first kappa shape index (κ1) is 20.4. The summed E-state index contributed by atoms with van der Waals surface area (Å²) in [5.41, 5.74) is 2.36. The standard InChI is InChI=1S/C22H20N2O4S/c1-2-12-27-16-9-6-15(7-10-16)8-11-21(26)28-14-20(25)24-22-18(13-23)17-4-3-5-19(17)29-22/h2,6-11H,1,3-5,12,14H2,(H,24,25). The summed E-state index contributed by atoms with van der Waals surface area (Å²) in [6.45, 7) is 3.60. The maximum absolute atomic E-state index is 12.1. The fraction of sp³-hybridized carbons (Fsp3) is 0.227. The Morgan fingerprint density at radius 1 is 1.28 bits per heavy atom. The van der Waals surface area contributed by atoms with Crippen LogP contribution in [0.2, 0.25) is 0 Å². The molecule has 0 saturated carbocycles. The molecule has 1 aliphatic carbocycles. The minimum Gasteiger partial charge on any atom is -0.490 e. The van der Waals surface area contributed by atoms with Crippen LogP contribution in [0.25, 0.3) is 6.08 Å². The molecule has 0 fully saturated rings. The van der Waals surface area contributed by atoms with Crippen LogP contribution in [0.15, 0.2) is 43.0 Å². The number of aryl methyl sites for hydroxylation is 1. The van der Waals surface area contributed by atoms with Gasteiger partial charge in [0.1, 0.15) is 23.4 Å². The minimum absolute atomic E-state index is 0.412. The van der Waals surface area contributed by atoms with E-state index in [4.69, 9.17) is 9.47 Å². The van der Waals surface area contributed by atoms with Gasteiger partial charge in [-0.1, -0.05) is 24.8 Å². The van der Waals surface area contributed by atoms with Crippen LogP contribution in [0.1, 0.15) is 28.0 Å². The fourth-order valence-electron chi connectivity index (χ4n) is 2.95. The van der Waals surface area contributed by atoms with Crippen molar-refractivity contribution in [2.75, 3.05) is 18.5 Å². The summed E-state index contributed by atoms with van der Waals surface area (Å²) < 4.78 is 10.4. The van der Waals surface area contributed by atoms with Crippen LogP contribution in [-0.4, -0.2) is 25.1 Å². The second-order valence-electron chi connectivity index (χ2n) is 6.33. The molecule has 29 heavy (non-hydrogen) atoms. The Balaban J connectivity index is 1.48. The minimum atomic E-state index is -0.624. The van der Waals surface area contributed by atoms with Crippen LogP contribution in [-0.2, 0) is 27.2 Å². The van der Waals surface area contributed by atoms with Crippen molar-refractivity contribution in [3.05, 3.63) is 64.6 Å². The van der Waals surface area contributed by atoms with E-state index in [0.717, 1.165) is 35.3 Å². The van der Waals surface area contributed by atoms with E-state index in [0.29, 0.717) is 22.9 Å². The van der Waals surface area contributed by atoms with Gasteiger partial charge in [0.2, 0.25) is 0 Å². The second-order valence-corrected chi connectivity index (χ2v) is 7.44. The molecule has 0 saturated heterocycles. The quantitative estimate of drug-likeness (QED) is 0.407. The van der Waals surface area contributed by atoms with Crippen molar-refractivity contribution in [1.29, 1.82) is 5.26 Å². The first-order valence-corrected chi connectivity index (χ1v) is 9.95. The molecule has 1 aliphatic rings. The van der Waals surface area contributed by atoms with Gasteiger partial charge in [-0.25, -0.2) is 4.79 Å². The lowest BCUT2D eigenvalue weighted by Crippen LogP contribution is -2.20. The van der Waals surface area contributed by atoms with Crippen molar-refractivity contribution < 1.29 is 19.1 Å². The Kier molecular flexibility index (Phi) is 6.82. The third kappa shape index (κ3) is 5.33. The molecule has 0 spiro atoms. The molecular formula is C22H20N2O4S. The molecule has 1 aromatic heterocycles. The number of anilines is 1. The van der Waals surface area contributed by atoms with E-state index in [1.54, 1.807) is 36.4 Å². The van der Waals surface area contributed by atoms with Gasteiger partial charge in [-0.15, -0.1) is 11.3 Å². The van der Waals surface area contributed by atoms with Gasteiger partial charge in [-0.3, -0.25) is 4.79 Å². The molecule has 1 N–H and O–H groups in total. The Morgan fingerprint density at radius 3 is 2.79 bits per heavy atom. The third-order valence-electron chi connectivity index (χ3n) is 4.29. The summed E-state index contributed by atoms with van der Waals surface area (Å²) in [7, 11) is 0. The molecule has 0 atom stereocenters. The number of nitrogens with one attached hydrogen (secondary N) is 1. The van der Waals surface area contributed by atoms with Gasteiger partial charge in [0.25, 0.3) is 5.91 Å². The zero-order chi connectivity index (χ0) is 20.6. The van der Waals surface area contributed by atoms with Gasteiger partial charge in [0.15, 0.2) is 6.61 Å². The second kappa shape index (κ2) is 9.71. The Morgan fingerprint density at radius 2 is 2.07 bits per heavy atom. The van der Waals surface area contributed by atoms with E-state index in [9.17, 15) is 14.9 Å². The molecule has 1 aromatic carbocycles. The van der Waals surface area contributed by atoms with Gasteiger partial charge < -0.3 is 14.8 Å². The predicted octanol–water partition coefficient (Wildman–Crippen LogP) is 3.87. The molecule has 0 radical (unpaired) electrons. The highest BCUT2D eigenvalue weighted by Crippen LogP contribution is 2.38. The summed E-state index contributed by atoms with van der Waals surface area (Å²) in [6.07, 6.45) is 7.35.